The fraction of sp³-hybridized carbons (Fsp3) is 0.231. The van der Waals surface area contributed by atoms with Crippen LogP contribution in [0.2, 0.25) is 0 Å². The molecule has 0 saturated carbocycles. The number of furan rings is 1. The molecule has 1 unspecified atom stereocenters. The first-order valence-corrected chi connectivity index (χ1v) is 10.6. The molecule has 4 rings (SSSR count). The van der Waals surface area contributed by atoms with Gasteiger partial charge in [-0.1, -0.05) is 12.1 Å². The summed E-state index contributed by atoms with van der Waals surface area (Å²) < 4.78 is 21.7. The zero-order valence-electron chi connectivity index (χ0n) is 19.3. The number of Topliss-reactive ketones (excluding diaryl/α,β-unsaturated/α-hetero) is 1. The molecule has 1 aliphatic heterocycles. The number of aliphatic hydroxyl groups excluding tert-OH is 1. The van der Waals surface area contributed by atoms with Crippen LogP contribution in [0.3, 0.4) is 0 Å². The number of carbonyl (C=O) groups is 2. The van der Waals surface area contributed by atoms with Gasteiger partial charge in [0.2, 0.25) is 0 Å². The molecule has 0 aliphatic carbocycles. The molecule has 3 aromatic rings. The van der Waals surface area contributed by atoms with Gasteiger partial charge in [0.1, 0.15) is 40.6 Å². The Hall–Kier alpha value is -4.20. The van der Waals surface area contributed by atoms with Crippen LogP contribution in [0.4, 0.5) is 0 Å². The number of carbonyl (C=O) groups excluding carboxylic acids is 2. The fourth-order valence-electron chi connectivity index (χ4n) is 4.01. The topological polar surface area (TPSA) is 98.4 Å². The standard InChI is InChI=1S/C26H25NO7/c1-15-5-11-21(34-15)23-22(24(28)19-13-18(32-3)10-12-20(19)33-4)25(29)26(30)27(23)14-16-6-8-17(31-2)9-7-16/h5-13,23,28H,14H2,1-4H3/b24-22+. The Morgan fingerprint density at radius 1 is 0.941 bits per heavy atom. The normalized spacial score (nSPS) is 17.2. The molecule has 0 spiro atoms. The van der Waals surface area contributed by atoms with Crippen LogP contribution in [0.5, 0.6) is 17.2 Å². The Balaban J connectivity index is 1.86. The van der Waals surface area contributed by atoms with E-state index < -0.39 is 17.7 Å². The zero-order valence-corrected chi connectivity index (χ0v) is 19.3. The van der Waals surface area contributed by atoms with Crippen LogP contribution in [0, 0.1) is 6.92 Å². The van der Waals surface area contributed by atoms with E-state index in [0.29, 0.717) is 28.8 Å². The number of aliphatic hydroxyl groups is 1. The highest BCUT2D eigenvalue weighted by Gasteiger charge is 2.47. The summed E-state index contributed by atoms with van der Waals surface area (Å²) in [5, 5.41) is 11.3. The number of rotatable bonds is 7. The molecule has 0 bridgehead atoms. The third kappa shape index (κ3) is 4.10. The van der Waals surface area contributed by atoms with Crippen molar-refractivity contribution in [3.63, 3.8) is 0 Å². The number of ether oxygens (including phenoxy) is 3. The minimum atomic E-state index is -0.924. The summed E-state index contributed by atoms with van der Waals surface area (Å²) in [6.45, 7) is 1.90. The van der Waals surface area contributed by atoms with Crippen molar-refractivity contribution in [1.82, 2.24) is 4.90 Å². The lowest BCUT2D eigenvalue weighted by Crippen LogP contribution is -2.29. The van der Waals surface area contributed by atoms with Gasteiger partial charge in [-0.25, -0.2) is 0 Å². The van der Waals surface area contributed by atoms with Gasteiger partial charge < -0.3 is 28.6 Å². The summed E-state index contributed by atoms with van der Waals surface area (Å²) >= 11 is 0. The second kappa shape index (κ2) is 9.35. The number of benzene rings is 2. The molecule has 8 nitrogen and oxygen atoms in total. The van der Waals surface area contributed by atoms with E-state index in [4.69, 9.17) is 18.6 Å². The lowest BCUT2D eigenvalue weighted by molar-refractivity contribution is -0.140. The number of hydrogen-bond donors (Lipinski definition) is 1. The molecule has 2 aromatic carbocycles. The molecular formula is C26H25NO7. The van der Waals surface area contributed by atoms with Gasteiger partial charge in [0.15, 0.2) is 0 Å². The van der Waals surface area contributed by atoms with Gasteiger partial charge in [0.25, 0.3) is 11.7 Å². The quantitative estimate of drug-likeness (QED) is 0.318. The lowest BCUT2D eigenvalue weighted by atomic mass is 9.98. The molecule has 0 radical (unpaired) electrons. The summed E-state index contributed by atoms with van der Waals surface area (Å²) in [6, 6.07) is 14.5. The predicted octanol–water partition coefficient (Wildman–Crippen LogP) is 4.24. The number of aryl methyl sites for hydroxylation is 1. The molecule has 1 aromatic heterocycles. The summed E-state index contributed by atoms with van der Waals surface area (Å²) in [5.74, 6) is 0.527. The van der Waals surface area contributed by atoms with Gasteiger partial charge in [-0.3, -0.25) is 9.59 Å². The number of hydrogen-bond acceptors (Lipinski definition) is 7. The average Bonchev–Trinajstić information content (AvgIpc) is 3.39. The van der Waals surface area contributed by atoms with E-state index in [1.807, 2.05) is 12.1 Å². The Bertz CT molecular complexity index is 1260. The maximum atomic E-state index is 13.2. The fourth-order valence-corrected chi connectivity index (χ4v) is 4.01. The van der Waals surface area contributed by atoms with Crippen molar-refractivity contribution in [3.8, 4) is 17.2 Å². The highest BCUT2D eigenvalue weighted by molar-refractivity contribution is 6.46. The van der Waals surface area contributed by atoms with Crippen LogP contribution < -0.4 is 14.2 Å². The van der Waals surface area contributed by atoms with Crippen molar-refractivity contribution in [1.29, 1.82) is 0 Å². The largest absolute Gasteiger partial charge is 0.507 e. The highest BCUT2D eigenvalue weighted by Crippen LogP contribution is 2.42. The average molecular weight is 463 g/mol. The summed E-state index contributed by atoms with van der Waals surface area (Å²) in [5.41, 5.74) is 0.937. The van der Waals surface area contributed by atoms with Gasteiger partial charge in [-0.15, -0.1) is 0 Å². The molecule has 1 aliphatic rings. The number of ketones is 1. The Morgan fingerprint density at radius 2 is 1.62 bits per heavy atom. The third-order valence-corrected chi connectivity index (χ3v) is 5.74. The molecule has 8 heteroatoms. The number of likely N-dealkylation sites (tertiary alicyclic amines) is 1. The van der Waals surface area contributed by atoms with Crippen molar-refractivity contribution in [2.45, 2.75) is 19.5 Å². The molecular weight excluding hydrogens is 438 g/mol. The molecule has 1 fully saturated rings. The minimum Gasteiger partial charge on any atom is -0.507 e. The number of methoxy groups -OCH3 is 3. The van der Waals surface area contributed by atoms with E-state index in [1.54, 1.807) is 56.5 Å². The van der Waals surface area contributed by atoms with E-state index in [1.165, 1.54) is 19.1 Å². The summed E-state index contributed by atoms with van der Waals surface area (Å²) in [6.07, 6.45) is 0. The maximum absolute atomic E-state index is 13.2. The first kappa shape index (κ1) is 23.0. The van der Waals surface area contributed by atoms with Crippen molar-refractivity contribution in [2.75, 3.05) is 21.3 Å². The Labute approximate surface area is 197 Å². The zero-order chi connectivity index (χ0) is 24.4. The van der Waals surface area contributed by atoms with Gasteiger partial charge in [0, 0.05) is 6.54 Å². The van der Waals surface area contributed by atoms with E-state index in [2.05, 4.69) is 0 Å². The van der Waals surface area contributed by atoms with Gasteiger partial charge >= 0.3 is 0 Å². The molecule has 2 heterocycles. The first-order chi connectivity index (χ1) is 16.4. The Morgan fingerprint density at radius 3 is 2.21 bits per heavy atom. The molecule has 1 saturated heterocycles. The minimum absolute atomic E-state index is 0.0839. The molecule has 1 atom stereocenters. The second-order valence-electron chi connectivity index (χ2n) is 7.79. The van der Waals surface area contributed by atoms with Gasteiger partial charge in [-0.2, -0.15) is 0 Å². The predicted molar refractivity (Wildman–Crippen MR) is 124 cm³/mol. The third-order valence-electron chi connectivity index (χ3n) is 5.74. The van der Waals surface area contributed by atoms with Crippen molar-refractivity contribution in [2.24, 2.45) is 0 Å². The van der Waals surface area contributed by atoms with Crippen LogP contribution >= 0.6 is 0 Å². The van der Waals surface area contributed by atoms with E-state index >= 15 is 0 Å². The van der Waals surface area contributed by atoms with Crippen molar-refractivity contribution < 1.29 is 33.3 Å². The second-order valence-corrected chi connectivity index (χ2v) is 7.79. The van der Waals surface area contributed by atoms with Crippen LogP contribution in [0.1, 0.15) is 28.7 Å². The smallest absolute Gasteiger partial charge is 0.296 e. The van der Waals surface area contributed by atoms with Crippen LogP contribution in [-0.2, 0) is 16.1 Å². The van der Waals surface area contributed by atoms with Crippen LogP contribution in [-0.4, -0.2) is 43.0 Å². The highest BCUT2D eigenvalue weighted by atomic mass is 16.5. The molecule has 1 N–H and O–H groups in total. The summed E-state index contributed by atoms with van der Waals surface area (Å²) in [7, 11) is 4.51. The SMILES string of the molecule is COc1ccc(CN2C(=O)C(=O)/C(=C(/O)c3cc(OC)ccc3OC)C2c2ccc(C)o2)cc1. The first-order valence-electron chi connectivity index (χ1n) is 10.6. The van der Waals surface area contributed by atoms with Gasteiger partial charge in [0.05, 0.1) is 32.5 Å². The molecule has 1 amide bonds. The maximum Gasteiger partial charge on any atom is 0.296 e. The summed E-state index contributed by atoms with van der Waals surface area (Å²) in [4.78, 5) is 27.8. The monoisotopic (exact) mass is 463 g/mol. The molecule has 34 heavy (non-hydrogen) atoms. The van der Waals surface area contributed by atoms with E-state index in [0.717, 1.165) is 5.56 Å². The number of nitrogens with zero attached hydrogens (tertiary/aromatic N) is 1. The lowest BCUT2D eigenvalue weighted by Gasteiger charge is -2.23. The van der Waals surface area contributed by atoms with Gasteiger partial charge in [-0.05, 0) is 55.0 Å². The van der Waals surface area contributed by atoms with Crippen LogP contribution in [0.25, 0.3) is 5.76 Å². The molecule has 176 valence electrons. The van der Waals surface area contributed by atoms with Crippen molar-refractivity contribution >= 4 is 17.4 Å². The Kier molecular flexibility index (Phi) is 6.32. The van der Waals surface area contributed by atoms with E-state index in [9.17, 15) is 14.7 Å². The van der Waals surface area contributed by atoms with Crippen molar-refractivity contribution in [3.05, 3.63) is 82.8 Å². The van der Waals surface area contributed by atoms with Crippen LogP contribution in [0.15, 0.2) is 64.6 Å². The number of amides is 1. The van der Waals surface area contributed by atoms with E-state index in [-0.39, 0.29) is 23.4 Å².